The Balaban J connectivity index is 1.05. The molecule has 0 spiro atoms. The van der Waals surface area contributed by atoms with Gasteiger partial charge in [-0.25, -0.2) is 15.0 Å². The van der Waals surface area contributed by atoms with Crippen molar-refractivity contribution in [3.8, 4) is 22.6 Å². The molecule has 0 aliphatic carbocycles. The van der Waals surface area contributed by atoms with Crippen LogP contribution in [0.2, 0.25) is 0 Å². The number of carbonyl (C=O) groups excluding carboxylic acids is 1. The van der Waals surface area contributed by atoms with Gasteiger partial charge in [0.05, 0.1) is 31.0 Å². The minimum atomic E-state index is -0.0750. The number of hydrogen-bond donors (Lipinski definition) is 2. The van der Waals surface area contributed by atoms with Crippen LogP contribution in [-0.2, 0) is 16.0 Å². The number of morpholine rings is 1. The molecule has 1 amide bonds. The predicted octanol–water partition coefficient (Wildman–Crippen LogP) is 7.43. The molecule has 0 atom stereocenters. The Bertz CT molecular complexity index is 2200. The molecule has 1 aliphatic heterocycles. The van der Waals surface area contributed by atoms with Crippen LogP contribution in [-0.4, -0.2) is 51.6 Å². The zero-order valence-electron chi connectivity index (χ0n) is 25.5. The first-order valence-corrected chi connectivity index (χ1v) is 16.4. The molecular weight excluding hydrogens is 607 g/mol. The third kappa shape index (κ3) is 6.04. The van der Waals surface area contributed by atoms with E-state index in [0.717, 1.165) is 75.9 Å². The van der Waals surface area contributed by atoms with E-state index in [1.807, 2.05) is 78.3 Å². The van der Waals surface area contributed by atoms with Crippen LogP contribution in [0, 0.1) is 0 Å². The second kappa shape index (κ2) is 12.7. The van der Waals surface area contributed by atoms with Crippen LogP contribution in [0.3, 0.4) is 0 Å². The van der Waals surface area contributed by atoms with E-state index in [4.69, 9.17) is 14.7 Å². The molecule has 1 fully saturated rings. The van der Waals surface area contributed by atoms with E-state index in [0.29, 0.717) is 11.6 Å². The number of ether oxygens (including phenoxy) is 1. The summed E-state index contributed by atoms with van der Waals surface area (Å²) in [5.74, 6) is 0.418. The van der Waals surface area contributed by atoms with E-state index < -0.39 is 0 Å². The number of nitrogens with one attached hydrogen (secondary N) is 2. The predicted molar refractivity (Wildman–Crippen MR) is 189 cm³/mol. The number of amides is 1. The summed E-state index contributed by atoms with van der Waals surface area (Å²) in [6.45, 7) is 3.28. The summed E-state index contributed by atoms with van der Waals surface area (Å²) in [6.07, 6.45) is 4.04. The van der Waals surface area contributed by atoms with Gasteiger partial charge in [-0.3, -0.25) is 9.20 Å². The van der Waals surface area contributed by atoms with Crippen LogP contribution in [0.1, 0.15) is 5.56 Å². The Kier molecular flexibility index (Phi) is 7.78. The van der Waals surface area contributed by atoms with E-state index in [1.54, 1.807) is 17.5 Å². The van der Waals surface area contributed by atoms with Gasteiger partial charge >= 0.3 is 0 Å². The lowest BCUT2D eigenvalue weighted by Gasteiger charge is -2.28. The maximum atomic E-state index is 13.2. The van der Waals surface area contributed by atoms with Crippen molar-refractivity contribution < 1.29 is 9.53 Å². The minimum absolute atomic E-state index is 0.0750. The van der Waals surface area contributed by atoms with Crippen molar-refractivity contribution in [2.24, 2.45) is 0 Å². The summed E-state index contributed by atoms with van der Waals surface area (Å²) < 4.78 is 7.53. The number of carbonyl (C=O) groups is 1. The van der Waals surface area contributed by atoms with Crippen molar-refractivity contribution in [2.75, 3.05) is 41.8 Å². The Morgan fingerprint density at radius 2 is 1.70 bits per heavy atom. The normalized spacial score (nSPS) is 13.2. The van der Waals surface area contributed by atoms with E-state index in [2.05, 4.69) is 55.2 Å². The monoisotopic (exact) mass is 637 g/mol. The first kappa shape index (κ1) is 28.9. The molecule has 4 aromatic carbocycles. The number of hydrogen-bond acceptors (Lipinski definition) is 8. The van der Waals surface area contributed by atoms with Crippen molar-refractivity contribution in [3.63, 3.8) is 0 Å². The summed E-state index contributed by atoms with van der Waals surface area (Å²) in [4.78, 5) is 30.8. The quantitative estimate of drug-likeness (QED) is 0.179. The van der Waals surface area contributed by atoms with Gasteiger partial charge in [-0.05, 0) is 58.8 Å². The van der Waals surface area contributed by atoms with Crippen LogP contribution in [0.25, 0.3) is 38.4 Å². The Morgan fingerprint density at radius 3 is 2.60 bits per heavy atom. The average molecular weight is 638 g/mol. The SMILES string of the molecule is O=C(Cc1cccc2ccccc12)Nc1cccc(-c2nc3sccn3c2-c2ccnc(Nc3ccc(N4CCOCC4)cc3)n2)c1. The molecule has 0 bridgehead atoms. The standard InChI is InChI=1S/C37H31N7O2S/c45-33(24-26-7-3-6-25-5-1-2-10-31(25)26)39-29-9-4-8-27(23-29)34-35(44-19-22-47-37(44)42-34)32-15-16-38-36(41-32)40-28-11-13-30(14-12-28)43-17-20-46-21-18-43/h1-16,19,22-23H,17-18,20-21,24H2,(H,39,45)(H,38,40,41). The number of anilines is 4. The van der Waals surface area contributed by atoms with Gasteiger partial charge in [0.15, 0.2) is 4.96 Å². The van der Waals surface area contributed by atoms with E-state index in [9.17, 15) is 4.79 Å². The van der Waals surface area contributed by atoms with Gasteiger partial charge in [0.25, 0.3) is 0 Å². The van der Waals surface area contributed by atoms with Crippen molar-refractivity contribution in [1.82, 2.24) is 19.4 Å². The lowest BCUT2D eigenvalue weighted by molar-refractivity contribution is -0.115. The van der Waals surface area contributed by atoms with Crippen LogP contribution < -0.4 is 15.5 Å². The molecule has 0 unspecified atom stereocenters. The average Bonchev–Trinajstić information content (AvgIpc) is 3.72. The van der Waals surface area contributed by atoms with Gasteiger partial charge in [-0.2, -0.15) is 0 Å². The molecule has 0 radical (unpaired) electrons. The fraction of sp³-hybridized carbons (Fsp3) is 0.135. The van der Waals surface area contributed by atoms with Crippen LogP contribution in [0.5, 0.6) is 0 Å². The van der Waals surface area contributed by atoms with Crippen molar-refractivity contribution >= 4 is 56.0 Å². The van der Waals surface area contributed by atoms with Crippen molar-refractivity contribution in [3.05, 3.63) is 120 Å². The number of rotatable bonds is 8. The highest BCUT2D eigenvalue weighted by Gasteiger charge is 2.19. The first-order valence-electron chi connectivity index (χ1n) is 15.5. The second-order valence-corrected chi connectivity index (χ2v) is 12.2. The molecule has 8 rings (SSSR count). The third-order valence-corrected chi connectivity index (χ3v) is 9.07. The number of nitrogens with zero attached hydrogens (tertiary/aromatic N) is 5. The molecule has 10 heteroatoms. The Labute approximate surface area is 275 Å². The summed E-state index contributed by atoms with van der Waals surface area (Å²) in [5, 5.41) is 10.7. The van der Waals surface area contributed by atoms with E-state index >= 15 is 0 Å². The van der Waals surface area contributed by atoms with Crippen LogP contribution in [0.15, 0.2) is 115 Å². The smallest absolute Gasteiger partial charge is 0.228 e. The van der Waals surface area contributed by atoms with Crippen LogP contribution >= 0.6 is 11.3 Å². The summed E-state index contributed by atoms with van der Waals surface area (Å²) >= 11 is 1.56. The molecule has 9 nitrogen and oxygen atoms in total. The zero-order valence-corrected chi connectivity index (χ0v) is 26.3. The largest absolute Gasteiger partial charge is 0.378 e. The molecule has 0 saturated carbocycles. The second-order valence-electron chi connectivity index (χ2n) is 11.3. The van der Waals surface area contributed by atoms with Gasteiger partial charge in [0, 0.05) is 53.5 Å². The van der Waals surface area contributed by atoms with Gasteiger partial charge in [-0.1, -0.05) is 54.6 Å². The van der Waals surface area contributed by atoms with Crippen LogP contribution in [0.4, 0.5) is 23.0 Å². The van der Waals surface area contributed by atoms with Gasteiger partial charge in [-0.15, -0.1) is 11.3 Å². The molecule has 7 aromatic rings. The fourth-order valence-corrected chi connectivity index (χ4v) is 6.77. The lowest BCUT2D eigenvalue weighted by atomic mass is 10.0. The van der Waals surface area contributed by atoms with E-state index in [1.165, 1.54) is 5.69 Å². The van der Waals surface area contributed by atoms with Crippen molar-refractivity contribution in [1.29, 1.82) is 0 Å². The number of thiazole rings is 1. The first-order chi connectivity index (χ1) is 23.2. The van der Waals surface area contributed by atoms with Gasteiger partial charge < -0.3 is 20.3 Å². The zero-order chi connectivity index (χ0) is 31.6. The fourth-order valence-electron chi connectivity index (χ4n) is 6.06. The summed E-state index contributed by atoms with van der Waals surface area (Å²) in [5.41, 5.74) is 7.03. The lowest BCUT2D eigenvalue weighted by Crippen LogP contribution is -2.36. The highest BCUT2D eigenvalue weighted by atomic mass is 32.1. The van der Waals surface area contributed by atoms with Crippen molar-refractivity contribution in [2.45, 2.75) is 6.42 Å². The number of fused-ring (bicyclic) bond motifs is 2. The topological polar surface area (TPSA) is 96.7 Å². The molecule has 232 valence electrons. The molecule has 47 heavy (non-hydrogen) atoms. The molecule has 3 aromatic heterocycles. The Morgan fingerprint density at radius 1 is 0.872 bits per heavy atom. The summed E-state index contributed by atoms with van der Waals surface area (Å²) in [6, 6.07) is 32.2. The molecular formula is C37H31N7O2S. The number of benzene rings is 4. The number of aromatic nitrogens is 4. The minimum Gasteiger partial charge on any atom is -0.378 e. The molecule has 1 aliphatic rings. The molecule has 4 heterocycles. The summed E-state index contributed by atoms with van der Waals surface area (Å²) in [7, 11) is 0. The maximum Gasteiger partial charge on any atom is 0.228 e. The maximum absolute atomic E-state index is 13.2. The number of imidazole rings is 1. The Hall–Kier alpha value is -5.58. The van der Waals surface area contributed by atoms with Gasteiger partial charge in [0.1, 0.15) is 5.69 Å². The van der Waals surface area contributed by atoms with E-state index in [-0.39, 0.29) is 12.3 Å². The third-order valence-electron chi connectivity index (χ3n) is 8.31. The molecule has 2 N–H and O–H groups in total. The highest BCUT2D eigenvalue weighted by Crippen LogP contribution is 2.35. The van der Waals surface area contributed by atoms with Gasteiger partial charge in [0.2, 0.25) is 11.9 Å². The highest BCUT2D eigenvalue weighted by molar-refractivity contribution is 7.15. The molecule has 1 saturated heterocycles.